The van der Waals surface area contributed by atoms with Gasteiger partial charge in [0.2, 0.25) is 0 Å². The standard InChI is InChI=1S/C16H24N2O3.2ClH/c1-20-12-9-13(19)15(14(10-12)21-2)16(11-3-4-11)18-7-5-17-6-8-18;;/h9-11,16-17,19H,3-8H2,1-2H3;2*1H/t16-;;/m0../s1. The summed E-state index contributed by atoms with van der Waals surface area (Å²) < 4.78 is 10.8. The molecule has 1 saturated carbocycles. The summed E-state index contributed by atoms with van der Waals surface area (Å²) in [6.07, 6.45) is 2.45. The third kappa shape index (κ3) is 4.35. The fourth-order valence-corrected chi connectivity index (χ4v) is 3.26. The minimum atomic E-state index is 0. The first-order chi connectivity index (χ1) is 10.2. The van der Waals surface area contributed by atoms with Gasteiger partial charge in [0, 0.05) is 44.4 Å². The van der Waals surface area contributed by atoms with Crippen LogP contribution in [0.4, 0.5) is 0 Å². The Morgan fingerprint density at radius 1 is 1.13 bits per heavy atom. The summed E-state index contributed by atoms with van der Waals surface area (Å²) in [6, 6.07) is 3.80. The highest BCUT2D eigenvalue weighted by Crippen LogP contribution is 2.50. The van der Waals surface area contributed by atoms with Crippen molar-refractivity contribution in [1.29, 1.82) is 0 Å². The number of piperazine rings is 1. The molecule has 2 aliphatic rings. The van der Waals surface area contributed by atoms with Gasteiger partial charge in [0.25, 0.3) is 0 Å². The molecule has 132 valence electrons. The molecule has 2 fully saturated rings. The predicted octanol–water partition coefficient (Wildman–Crippen LogP) is 2.61. The smallest absolute Gasteiger partial charge is 0.131 e. The summed E-state index contributed by atoms with van der Waals surface area (Å²) in [4.78, 5) is 2.47. The predicted molar refractivity (Wildman–Crippen MR) is 95.6 cm³/mol. The molecule has 0 bridgehead atoms. The Morgan fingerprint density at radius 2 is 1.78 bits per heavy atom. The van der Waals surface area contributed by atoms with Crippen molar-refractivity contribution in [2.75, 3.05) is 40.4 Å². The van der Waals surface area contributed by atoms with Gasteiger partial charge in [0.1, 0.15) is 17.2 Å². The average molecular weight is 365 g/mol. The highest BCUT2D eigenvalue weighted by Gasteiger charge is 2.39. The van der Waals surface area contributed by atoms with Crippen molar-refractivity contribution in [3.63, 3.8) is 0 Å². The lowest BCUT2D eigenvalue weighted by Crippen LogP contribution is -2.45. The van der Waals surface area contributed by atoms with E-state index in [2.05, 4.69) is 10.2 Å². The zero-order chi connectivity index (χ0) is 14.8. The Hall–Kier alpha value is -0.880. The lowest BCUT2D eigenvalue weighted by molar-refractivity contribution is 0.150. The molecule has 1 saturated heterocycles. The molecule has 5 nitrogen and oxygen atoms in total. The minimum absolute atomic E-state index is 0. The van der Waals surface area contributed by atoms with Crippen LogP contribution in [-0.4, -0.2) is 50.4 Å². The minimum Gasteiger partial charge on any atom is -0.507 e. The van der Waals surface area contributed by atoms with Crippen LogP contribution in [-0.2, 0) is 0 Å². The Bertz CT molecular complexity index is 506. The van der Waals surface area contributed by atoms with E-state index < -0.39 is 0 Å². The van der Waals surface area contributed by atoms with E-state index >= 15 is 0 Å². The molecule has 0 spiro atoms. The van der Waals surface area contributed by atoms with Crippen molar-refractivity contribution in [2.45, 2.75) is 18.9 Å². The number of hydrogen-bond acceptors (Lipinski definition) is 5. The lowest BCUT2D eigenvalue weighted by Gasteiger charge is -2.36. The molecule has 1 aliphatic carbocycles. The first-order valence-corrected chi connectivity index (χ1v) is 7.64. The van der Waals surface area contributed by atoms with Crippen LogP contribution in [0, 0.1) is 5.92 Å². The van der Waals surface area contributed by atoms with E-state index in [1.54, 1.807) is 20.3 Å². The summed E-state index contributed by atoms with van der Waals surface area (Å²) in [5, 5.41) is 13.9. The topological polar surface area (TPSA) is 54.0 Å². The van der Waals surface area contributed by atoms with Crippen LogP contribution in [0.3, 0.4) is 0 Å². The number of phenolic OH excluding ortho intramolecular Hbond substituents is 1. The van der Waals surface area contributed by atoms with Gasteiger partial charge in [-0.25, -0.2) is 0 Å². The second-order valence-electron chi connectivity index (χ2n) is 5.83. The van der Waals surface area contributed by atoms with Gasteiger partial charge in [-0.15, -0.1) is 24.8 Å². The zero-order valence-corrected chi connectivity index (χ0v) is 15.2. The van der Waals surface area contributed by atoms with Crippen molar-refractivity contribution in [2.24, 2.45) is 5.92 Å². The van der Waals surface area contributed by atoms with Gasteiger partial charge < -0.3 is 19.9 Å². The van der Waals surface area contributed by atoms with E-state index in [0.717, 1.165) is 37.5 Å². The van der Waals surface area contributed by atoms with E-state index in [1.165, 1.54) is 12.8 Å². The summed E-state index contributed by atoms with van der Waals surface area (Å²) in [7, 11) is 3.25. The quantitative estimate of drug-likeness (QED) is 0.840. The average Bonchev–Trinajstić information content (AvgIpc) is 3.34. The molecule has 1 aliphatic heterocycles. The molecule has 0 aromatic heterocycles. The van der Waals surface area contributed by atoms with Crippen LogP contribution in [0.1, 0.15) is 24.4 Å². The Labute approximate surface area is 150 Å². The molecule has 23 heavy (non-hydrogen) atoms. The van der Waals surface area contributed by atoms with E-state index in [1.807, 2.05) is 6.07 Å². The highest BCUT2D eigenvalue weighted by molar-refractivity contribution is 5.85. The van der Waals surface area contributed by atoms with Crippen molar-refractivity contribution in [3.05, 3.63) is 17.7 Å². The molecular weight excluding hydrogens is 339 g/mol. The first-order valence-electron chi connectivity index (χ1n) is 7.64. The van der Waals surface area contributed by atoms with E-state index in [4.69, 9.17) is 9.47 Å². The number of nitrogens with one attached hydrogen (secondary N) is 1. The second-order valence-corrected chi connectivity index (χ2v) is 5.83. The third-order valence-corrected chi connectivity index (χ3v) is 4.46. The van der Waals surface area contributed by atoms with Crippen molar-refractivity contribution < 1.29 is 14.6 Å². The van der Waals surface area contributed by atoms with Gasteiger partial charge in [-0.2, -0.15) is 0 Å². The van der Waals surface area contributed by atoms with Crippen molar-refractivity contribution in [1.82, 2.24) is 10.2 Å². The van der Waals surface area contributed by atoms with Crippen LogP contribution < -0.4 is 14.8 Å². The van der Waals surface area contributed by atoms with Crippen molar-refractivity contribution >= 4 is 24.8 Å². The van der Waals surface area contributed by atoms with E-state index in [-0.39, 0.29) is 36.6 Å². The molecule has 0 amide bonds. The van der Waals surface area contributed by atoms with Gasteiger partial charge in [-0.05, 0) is 18.8 Å². The fourth-order valence-electron chi connectivity index (χ4n) is 3.26. The van der Waals surface area contributed by atoms with Gasteiger partial charge in [0.05, 0.1) is 19.8 Å². The van der Waals surface area contributed by atoms with Crippen molar-refractivity contribution in [3.8, 4) is 17.2 Å². The normalized spacial score (nSPS) is 19.2. The van der Waals surface area contributed by atoms with Crippen LogP contribution in [0.15, 0.2) is 12.1 Å². The Morgan fingerprint density at radius 3 is 2.30 bits per heavy atom. The largest absolute Gasteiger partial charge is 0.507 e. The molecule has 2 N–H and O–H groups in total. The van der Waals surface area contributed by atoms with Gasteiger partial charge >= 0.3 is 0 Å². The zero-order valence-electron chi connectivity index (χ0n) is 13.6. The number of ether oxygens (including phenoxy) is 2. The summed E-state index contributed by atoms with van der Waals surface area (Å²) >= 11 is 0. The maximum atomic E-state index is 10.5. The number of benzene rings is 1. The molecule has 1 atom stereocenters. The first kappa shape index (κ1) is 20.2. The number of phenols is 1. The summed E-state index contributed by atoms with van der Waals surface area (Å²) in [6.45, 7) is 4.02. The van der Waals surface area contributed by atoms with Crippen LogP contribution in [0.25, 0.3) is 0 Å². The van der Waals surface area contributed by atoms with Crippen LogP contribution >= 0.6 is 24.8 Å². The van der Waals surface area contributed by atoms with E-state index in [0.29, 0.717) is 11.7 Å². The molecular formula is C16H26Cl2N2O3. The highest BCUT2D eigenvalue weighted by atomic mass is 35.5. The monoisotopic (exact) mass is 364 g/mol. The lowest BCUT2D eigenvalue weighted by atomic mass is 9.97. The molecule has 1 heterocycles. The van der Waals surface area contributed by atoms with Gasteiger partial charge in [-0.1, -0.05) is 0 Å². The van der Waals surface area contributed by atoms with Crippen LogP contribution in [0.5, 0.6) is 17.2 Å². The van der Waals surface area contributed by atoms with Gasteiger partial charge in [0.15, 0.2) is 0 Å². The van der Waals surface area contributed by atoms with Crippen LogP contribution in [0.2, 0.25) is 0 Å². The number of methoxy groups -OCH3 is 2. The second kappa shape index (κ2) is 8.83. The number of rotatable bonds is 5. The maximum absolute atomic E-state index is 10.5. The van der Waals surface area contributed by atoms with E-state index in [9.17, 15) is 5.11 Å². The maximum Gasteiger partial charge on any atom is 0.131 e. The Balaban J connectivity index is 0.00000132. The fraction of sp³-hybridized carbons (Fsp3) is 0.625. The van der Waals surface area contributed by atoms with Gasteiger partial charge in [-0.3, -0.25) is 4.90 Å². The summed E-state index contributed by atoms with van der Waals surface area (Å²) in [5.41, 5.74) is 0.919. The third-order valence-electron chi connectivity index (χ3n) is 4.46. The molecule has 3 rings (SSSR count). The number of nitrogens with zero attached hydrogens (tertiary/aromatic N) is 1. The molecule has 1 aromatic rings. The Kier molecular flexibility index (Phi) is 7.74. The number of hydrogen-bond donors (Lipinski definition) is 2. The molecule has 0 unspecified atom stereocenters. The molecule has 1 aromatic carbocycles. The molecule has 7 heteroatoms. The number of halogens is 2. The molecule has 0 radical (unpaired) electrons. The summed E-state index contributed by atoms with van der Waals surface area (Å²) in [5.74, 6) is 2.25. The SMILES string of the molecule is COc1cc(O)c([C@H](C2CC2)N2CCNCC2)c(OC)c1.Cl.Cl. The number of aromatic hydroxyl groups is 1.